The molecule has 2 heterocycles. The normalized spacial score (nSPS) is 12.5. The predicted octanol–water partition coefficient (Wildman–Crippen LogP) is 4.63. The lowest BCUT2D eigenvalue weighted by Crippen LogP contribution is -2.27. The Morgan fingerprint density at radius 1 is 1.25 bits per heavy atom. The van der Waals surface area contributed by atoms with Crippen LogP contribution in [0.4, 0.5) is 0 Å². The third-order valence-electron chi connectivity index (χ3n) is 3.72. The van der Waals surface area contributed by atoms with Crippen molar-refractivity contribution in [3.8, 4) is 16.5 Å². The first-order valence-corrected chi connectivity index (χ1v) is 9.26. The lowest BCUT2D eigenvalue weighted by molar-refractivity contribution is 0.182. The minimum absolute atomic E-state index is 0.0275. The Labute approximate surface area is 153 Å². The highest BCUT2D eigenvalue weighted by molar-refractivity contribution is 9.10. The van der Waals surface area contributed by atoms with Crippen molar-refractivity contribution in [2.45, 2.75) is 13.0 Å². The molecule has 3 aromatic rings. The van der Waals surface area contributed by atoms with Gasteiger partial charge in [0.2, 0.25) is 5.89 Å². The Balaban J connectivity index is 1.53. The minimum atomic E-state index is 0.0275. The Bertz CT molecular complexity index is 759. The van der Waals surface area contributed by atoms with Crippen LogP contribution in [0.3, 0.4) is 0 Å². The first-order chi connectivity index (χ1) is 11.6. The molecule has 2 aromatic heterocycles. The van der Waals surface area contributed by atoms with E-state index in [4.69, 9.17) is 9.15 Å². The van der Waals surface area contributed by atoms with Gasteiger partial charge in [0.25, 0.3) is 5.89 Å². The van der Waals surface area contributed by atoms with Crippen molar-refractivity contribution in [3.05, 3.63) is 52.1 Å². The molecule has 1 atom stereocenters. The van der Waals surface area contributed by atoms with E-state index >= 15 is 0 Å². The molecule has 0 unspecified atom stereocenters. The van der Waals surface area contributed by atoms with E-state index < -0.39 is 0 Å². The van der Waals surface area contributed by atoms with Gasteiger partial charge >= 0.3 is 0 Å². The molecule has 0 aliphatic carbocycles. The molecule has 0 radical (unpaired) electrons. The lowest BCUT2D eigenvalue weighted by Gasteiger charge is -2.21. The highest BCUT2D eigenvalue weighted by atomic mass is 79.9. The van der Waals surface area contributed by atoms with Crippen LogP contribution in [-0.4, -0.2) is 35.3 Å². The van der Waals surface area contributed by atoms with Gasteiger partial charge in [-0.3, -0.25) is 4.90 Å². The van der Waals surface area contributed by atoms with Gasteiger partial charge in [-0.2, -0.15) is 0 Å². The second-order valence-corrected chi connectivity index (χ2v) is 7.25. The Hall–Kier alpha value is -1.70. The number of aromatic nitrogens is 2. The van der Waals surface area contributed by atoms with Gasteiger partial charge in [0.15, 0.2) is 0 Å². The summed E-state index contributed by atoms with van der Waals surface area (Å²) >= 11 is 5.00. The molecule has 0 fully saturated rings. The summed E-state index contributed by atoms with van der Waals surface area (Å²) in [5.41, 5.74) is 0. The van der Waals surface area contributed by atoms with Gasteiger partial charge in [-0.15, -0.1) is 21.5 Å². The van der Waals surface area contributed by atoms with Crippen molar-refractivity contribution in [2.75, 3.05) is 20.2 Å². The first kappa shape index (κ1) is 17.1. The molecule has 5 nitrogen and oxygen atoms in total. The molecule has 126 valence electrons. The zero-order chi connectivity index (χ0) is 16.9. The molecular formula is C17H18BrN3O2S. The van der Waals surface area contributed by atoms with E-state index in [1.54, 1.807) is 11.3 Å². The molecule has 1 aromatic carbocycles. The number of nitrogens with zero attached hydrogens (tertiary/aromatic N) is 3. The van der Waals surface area contributed by atoms with Gasteiger partial charge in [-0.25, -0.2) is 0 Å². The monoisotopic (exact) mass is 407 g/mol. The summed E-state index contributed by atoms with van der Waals surface area (Å²) in [6, 6.07) is 11.8. The van der Waals surface area contributed by atoms with Crippen molar-refractivity contribution in [2.24, 2.45) is 0 Å². The Kier molecular flexibility index (Phi) is 5.65. The summed E-state index contributed by atoms with van der Waals surface area (Å²) in [6.45, 7) is 3.40. The summed E-state index contributed by atoms with van der Waals surface area (Å²) in [5, 5.41) is 10.3. The zero-order valence-electron chi connectivity index (χ0n) is 13.5. The molecule has 0 bridgehead atoms. The van der Waals surface area contributed by atoms with Crippen LogP contribution in [0.2, 0.25) is 0 Å². The molecular weight excluding hydrogens is 390 g/mol. The van der Waals surface area contributed by atoms with Gasteiger partial charge in [-0.05, 0) is 49.7 Å². The van der Waals surface area contributed by atoms with E-state index in [0.29, 0.717) is 18.4 Å². The summed E-state index contributed by atoms with van der Waals surface area (Å²) in [5.74, 6) is 2.05. The van der Waals surface area contributed by atoms with Crippen LogP contribution in [0.15, 0.2) is 50.7 Å². The Morgan fingerprint density at radius 3 is 2.75 bits per heavy atom. The molecule has 0 N–H and O–H groups in total. The van der Waals surface area contributed by atoms with Crippen LogP contribution in [0.25, 0.3) is 10.8 Å². The van der Waals surface area contributed by atoms with Crippen molar-refractivity contribution in [1.29, 1.82) is 0 Å². The maximum atomic E-state index is 5.79. The molecule has 0 aliphatic heterocycles. The van der Waals surface area contributed by atoms with E-state index in [1.165, 1.54) is 0 Å². The largest absolute Gasteiger partial charge is 0.492 e. The second kappa shape index (κ2) is 7.92. The number of thiophene rings is 1. The average molecular weight is 408 g/mol. The van der Waals surface area contributed by atoms with Crippen LogP contribution in [0.1, 0.15) is 18.9 Å². The quantitative estimate of drug-likeness (QED) is 0.571. The molecule has 3 rings (SSSR count). The zero-order valence-corrected chi connectivity index (χ0v) is 15.9. The second-order valence-electron chi connectivity index (χ2n) is 5.38. The molecule has 0 spiro atoms. The molecule has 7 heteroatoms. The topological polar surface area (TPSA) is 51.4 Å². The fourth-order valence-electron chi connectivity index (χ4n) is 2.12. The highest BCUT2D eigenvalue weighted by Gasteiger charge is 2.19. The number of hydrogen-bond acceptors (Lipinski definition) is 6. The summed E-state index contributed by atoms with van der Waals surface area (Å²) in [7, 11) is 2.02. The SMILES string of the molecule is C[C@H](c1nnc(-c2cccs2)o1)N(C)CCOc1ccc(Br)cc1. The van der Waals surface area contributed by atoms with Gasteiger partial charge in [-0.1, -0.05) is 22.0 Å². The lowest BCUT2D eigenvalue weighted by atomic mass is 10.3. The van der Waals surface area contributed by atoms with Crippen LogP contribution in [0.5, 0.6) is 5.75 Å². The van der Waals surface area contributed by atoms with Crippen molar-refractivity contribution >= 4 is 27.3 Å². The number of halogens is 1. The molecule has 24 heavy (non-hydrogen) atoms. The van der Waals surface area contributed by atoms with Crippen molar-refractivity contribution in [1.82, 2.24) is 15.1 Å². The van der Waals surface area contributed by atoms with Gasteiger partial charge in [0, 0.05) is 11.0 Å². The maximum absolute atomic E-state index is 5.79. The van der Waals surface area contributed by atoms with Gasteiger partial charge in [0.05, 0.1) is 10.9 Å². The molecule has 0 amide bonds. The maximum Gasteiger partial charge on any atom is 0.257 e. The number of benzene rings is 1. The predicted molar refractivity (Wildman–Crippen MR) is 98.3 cm³/mol. The third-order valence-corrected chi connectivity index (χ3v) is 5.10. The van der Waals surface area contributed by atoms with E-state index in [1.807, 2.05) is 55.7 Å². The summed E-state index contributed by atoms with van der Waals surface area (Å²) in [6.07, 6.45) is 0. The minimum Gasteiger partial charge on any atom is -0.492 e. The highest BCUT2D eigenvalue weighted by Crippen LogP contribution is 2.26. The fraction of sp³-hybridized carbons (Fsp3) is 0.294. The van der Waals surface area contributed by atoms with Crippen molar-refractivity contribution < 1.29 is 9.15 Å². The average Bonchev–Trinajstić information content (AvgIpc) is 3.27. The number of ether oxygens (including phenoxy) is 1. The smallest absolute Gasteiger partial charge is 0.257 e. The van der Waals surface area contributed by atoms with E-state index in [0.717, 1.165) is 21.6 Å². The van der Waals surface area contributed by atoms with Crippen molar-refractivity contribution in [3.63, 3.8) is 0 Å². The van der Waals surface area contributed by atoms with Crippen LogP contribution >= 0.6 is 27.3 Å². The molecule has 0 aliphatic rings. The van der Waals surface area contributed by atoms with E-state index in [2.05, 4.69) is 31.0 Å². The van der Waals surface area contributed by atoms with Crippen LogP contribution in [-0.2, 0) is 0 Å². The third kappa shape index (κ3) is 4.23. The van der Waals surface area contributed by atoms with E-state index in [-0.39, 0.29) is 6.04 Å². The van der Waals surface area contributed by atoms with E-state index in [9.17, 15) is 0 Å². The van der Waals surface area contributed by atoms with Crippen LogP contribution in [0, 0.1) is 0 Å². The standard InChI is InChI=1S/C17H18BrN3O2S/c1-12(16-19-20-17(23-16)15-4-3-11-24-15)21(2)9-10-22-14-7-5-13(18)6-8-14/h3-8,11-12H,9-10H2,1-2H3/t12-/m1/s1. The first-order valence-electron chi connectivity index (χ1n) is 7.59. The van der Waals surface area contributed by atoms with Crippen LogP contribution < -0.4 is 4.74 Å². The van der Waals surface area contributed by atoms with Gasteiger partial charge < -0.3 is 9.15 Å². The number of hydrogen-bond donors (Lipinski definition) is 0. The fourth-order valence-corrected chi connectivity index (χ4v) is 3.03. The molecule has 0 saturated carbocycles. The number of likely N-dealkylation sites (N-methyl/N-ethyl adjacent to an activating group) is 1. The number of rotatable bonds is 7. The summed E-state index contributed by atoms with van der Waals surface area (Å²) in [4.78, 5) is 3.12. The Morgan fingerprint density at radius 2 is 2.04 bits per heavy atom. The molecule has 0 saturated heterocycles. The summed E-state index contributed by atoms with van der Waals surface area (Å²) < 4.78 is 12.6. The van der Waals surface area contributed by atoms with Gasteiger partial charge in [0.1, 0.15) is 12.4 Å².